The number of benzene rings is 2. The van der Waals surface area contributed by atoms with Crippen molar-refractivity contribution in [1.82, 2.24) is 10.2 Å². The standard InChI is InChI=1S/C23H23N3O4/c1-16-8-9-18(13-20(16)26(28)29)23(27)24-14-21(22-7-4-12-30-22)25-11-10-17-5-2-3-6-19(17)15-25/h2-9,12-13,21H,10-11,14-15H2,1H3,(H,24,27)/t21-/m1/s1. The molecule has 0 fully saturated rings. The summed E-state index contributed by atoms with van der Waals surface area (Å²) in [7, 11) is 0. The molecule has 30 heavy (non-hydrogen) atoms. The summed E-state index contributed by atoms with van der Waals surface area (Å²) in [5, 5.41) is 14.1. The summed E-state index contributed by atoms with van der Waals surface area (Å²) in [6, 6.07) is 16.5. The number of nitrogens with zero attached hydrogens (tertiary/aromatic N) is 2. The van der Waals surface area contributed by atoms with Crippen molar-refractivity contribution in [3.8, 4) is 0 Å². The van der Waals surface area contributed by atoms with Crippen LogP contribution in [-0.2, 0) is 13.0 Å². The second kappa shape index (κ2) is 8.51. The molecular formula is C23H23N3O4. The first-order valence-electron chi connectivity index (χ1n) is 9.90. The largest absolute Gasteiger partial charge is 0.468 e. The minimum absolute atomic E-state index is 0.0575. The monoisotopic (exact) mass is 405 g/mol. The Morgan fingerprint density at radius 3 is 2.73 bits per heavy atom. The van der Waals surface area contributed by atoms with Crippen molar-refractivity contribution in [3.05, 3.63) is 99.0 Å². The lowest BCUT2D eigenvalue weighted by atomic mass is 9.98. The van der Waals surface area contributed by atoms with Crippen molar-refractivity contribution in [3.63, 3.8) is 0 Å². The highest BCUT2D eigenvalue weighted by Gasteiger charge is 2.27. The van der Waals surface area contributed by atoms with E-state index in [4.69, 9.17) is 4.42 Å². The molecule has 0 aliphatic carbocycles. The second-order valence-electron chi connectivity index (χ2n) is 7.49. The van der Waals surface area contributed by atoms with E-state index in [1.54, 1.807) is 25.3 Å². The Morgan fingerprint density at radius 1 is 1.20 bits per heavy atom. The molecule has 154 valence electrons. The van der Waals surface area contributed by atoms with E-state index in [1.807, 2.05) is 18.2 Å². The molecule has 4 rings (SSSR count). The first-order chi connectivity index (χ1) is 14.5. The molecule has 7 nitrogen and oxygen atoms in total. The van der Waals surface area contributed by atoms with Crippen LogP contribution in [-0.4, -0.2) is 28.8 Å². The first-order valence-corrected chi connectivity index (χ1v) is 9.90. The summed E-state index contributed by atoms with van der Waals surface area (Å²) in [6.07, 6.45) is 2.57. The smallest absolute Gasteiger partial charge is 0.273 e. The van der Waals surface area contributed by atoms with E-state index in [0.29, 0.717) is 12.1 Å². The summed E-state index contributed by atoms with van der Waals surface area (Å²) in [5.41, 5.74) is 3.37. The lowest BCUT2D eigenvalue weighted by Crippen LogP contribution is -2.40. The number of nitro groups is 1. The zero-order valence-corrected chi connectivity index (χ0v) is 16.7. The lowest BCUT2D eigenvalue weighted by molar-refractivity contribution is -0.385. The van der Waals surface area contributed by atoms with Crippen LogP contribution in [0.25, 0.3) is 0 Å². The SMILES string of the molecule is Cc1ccc(C(=O)NC[C@H](c2ccco2)N2CCc3ccccc3C2)cc1[N+](=O)[O-]. The molecule has 1 aromatic heterocycles. The Kier molecular flexibility index (Phi) is 5.63. The highest BCUT2D eigenvalue weighted by atomic mass is 16.6. The molecule has 1 N–H and O–H groups in total. The lowest BCUT2D eigenvalue weighted by Gasteiger charge is -2.34. The van der Waals surface area contributed by atoms with Gasteiger partial charge in [-0.3, -0.25) is 19.8 Å². The highest BCUT2D eigenvalue weighted by Crippen LogP contribution is 2.28. The number of hydrogen-bond acceptors (Lipinski definition) is 5. The summed E-state index contributed by atoms with van der Waals surface area (Å²) in [4.78, 5) is 25.7. The van der Waals surface area contributed by atoms with Gasteiger partial charge in [-0.25, -0.2) is 0 Å². The number of nitro benzene ring substituents is 1. The van der Waals surface area contributed by atoms with Gasteiger partial charge in [0.1, 0.15) is 5.76 Å². The minimum Gasteiger partial charge on any atom is -0.468 e. The molecule has 0 radical (unpaired) electrons. The van der Waals surface area contributed by atoms with E-state index >= 15 is 0 Å². The fraction of sp³-hybridized carbons (Fsp3) is 0.261. The molecular weight excluding hydrogens is 382 g/mol. The number of furan rings is 1. The maximum Gasteiger partial charge on any atom is 0.273 e. The van der Waals surface area contributed by atoms with Gasteiger partial charge in [0.15, 0.2) is 0 Å². The van der Waals surface area contributed by atoms with Crippen LogP contribution >= 0.6 is 0 Å². The summed E-state index contributed by atoms with van der Waals surface area (Å²) < 4.78 is 5.66. The van der Waals surface area contributed by atoms with Gasteiger partial charge >= 0.3 is 0 Å². The average Bonchev–Trinajstić information content (AvgIpc) is 3.28. The molecule has 1 atom stereocenters. The summed E-state index contributed by atoms with van der Waals surface area (Å²) in [5.74, 6) is 0.441. The van der Waals surface area contributed by atoms with Crippen LogP contribution in [0.3, 0.4) is 0 Å². The Balaban J connectivity index is 1.51. The third-order valence-corrected chi connectivity index (χ3v) is 5.60. The summed E-state index contributed by atoms with van der Waals surface area (Å²) in [6.45, 7) is 3.62. The van der Waals surface area contributed by atoms with Gasteiger partial charge in [-0.2, -0.15) is 0 Å². The van der Waals surface area contributed by atoms with Crippen molar-refractivity contribution in [2.75, 3.05) is 13.1 Å². The topological polar surface area (TPSA) is 88.6 Å². The molecule has 0 saturated heterocycles. The van der Waals surface area contributed by atoms with Crippen molar-refractivity contribution in [2.45, 2.75) is 25.9 Å². The summed E-state index contributed by atoms with van der Waals surface area (Å²) >= 11 is 0. The first kappa shape index (κ1) is 19.8. The molecule has 0 bridgehead atoms. The van der Waals surface area contributed by atoms with Crippen molar-refractivity contribution in [1.29, 1.82) is 0 Å². The zero-order chi connectivity index (χ0) is 21.1. The number of nitrogens with one attached hydrogen (secondary N) is 1. The van der Waals surface area contributed by atoms with Gasteiger partial charge in [0.2, 0.25) is 0 Å². The van der Waals surface area contributed by atoms with Gasteiger partial charge in [-0.15, -0.1) is 0 Å². The van der Waals surface area contributed by atoms with Gasteiger partial charge in [-0.05, 0) is 42.7 Å². The second-order valence-corrected chi connectivity index (χ2v) is 7.49. The average molecular weight is 405 g/mol. The van der Waals surface area contributed by atoms with E-state index in [0.717, 1.165) is 25.3 Å². The van der Waals surface area contributed by atoms with Gasteiger partial charge in [0.25, 0.3) is 11.6 Å². The van der Waals surface area contributed by atoms with Gasteiger partial charge in [0, 0.05) is 36.8 Å². The van der Waals surface area contributed by atoms with Crippen LogP contribution in [0.1, 0.15) is 38.9 Å². The number of carbonyl (C=O) groups is 1. The molecule has 1 aliphatic rings. The predicted molar refractivity (Wildman–Crippen MR) is 112 cm³/mol. The zero-order valence-electron chi connectivity index (χ0n) is 16.7. The van der Waals surface area contributed by atoms with E-state index in [1.165, 1.54) is 17.2 Å². The number of carbonyl (C=O) groups excluding carboxylic acids is 1. The maximum atomic E-state index is 12.7. The van der Waals surface area contributed by atoms with E-state index in [2.05, 4.69) is 28.4 Å². The molecule has 0 spiro atoms. The van der Waals surface area contributed by atoms with E-state index in [9.17, 15) is 14.9 Å². The van der Waals surface area contributed by atoms with E-state index < -0.39 is 4.92 Å². The van der Waals surface area contributed by atoms with Crippen LogP contribution in [0, 0.1) is 17.0 Å². The Labute approximate surface area is 174 Å². The van der Waals surface area contributed by atoms with Crippen molar-refractivity contribution in [2.24, 2.45) is 0 Å². The third-order valence-electron chi connectivity index (χ3n) is 5.60. The number of rotatable bonds is 6. The maximum absolute atomic E-state index is 12.7. The van der Waals surface area contributed by atoms with Crippen LogP contribution < -0.4 is 5.32 Å². The number of fused-ring (bicyclic) bond motifs is 1. The van der Waals surface area contributed by atoms with Gasteiger partial charge in [0.05, 0.1) is 17.2 Å². The Hall–Kier alpha value is -3.45. The fourth-order valence-corrected chi connectivity index (χ4v) is 3.91. The van der Waals surface area contributed by atoms with Crippen molar-refractivity contribution >= 4 is 11.6 Å². The number of amides is 1. The molecule has 0 unspecified atom stereocenters. The molecule has 2 aromatic carbocycles. The third kappa shape index (κ3) is 4.11. The molecule has 1 amide bonds. The van der Waals surface area contributed by atoms with Crippen LogP contribution in [0.4, 0.5) is 5.69 Å². The quantitative estimate of drug-likeness (QED) is 0.494. The molecule has 7 heteroatoms. The van der Waals surface area contributed by atoms with Crippen LogP contribution in [0.5, 0.6) is 0 Å². The predicted octanol–water partition coefficient (Wildman–Crippen LogP) is 4.03. The Bertz CT molecular complexity index is 1060. The van der Waals surface area contributed by atoms with Crippen LogP contribution in [0.2, 0.25) is 0 Å². The number of aryl methyl sites for hydroxylation is 1. The van der Waals surface area contributed by atoms with Gasteiger partial charge < -0.3 is 9.73 Å². The Morgan fingerprint density at radius 2 is 2.00 bits per heavy atom. The molecule has 0 saturated carbocycles. The molecule has 2 heterocycles. The molecule has 3 aromatic rings. The normalized spacial score (nSPS) is 14.7. The number of hydrogen-bond donors (Lipinski definition) is 1. The van der Waals surface area contributed by atoms with E-state index in [-0.39, 0.29) is 23.2 Å². The van der Waals surface area contributed by atoms with Gasteiger partial charge in [-0.1, -0.05) is 30.3 Å². The van der Waals surface area contributed by atoms with Crippen molar-refractivity contribution < 1.29 is 14.1 Å². The van der Waals surface area contributed by atoms with Crippen LogP contribution in [0.15, 0.2) is 65.3 Å². The molecule has 1 aliphatic heterocycles. The minimum atomic E-state index is -0.469. The highest BCUT2D eigenvalue weighted by molar-refractivity contribution is 5.95. The fourth-order valence-electron chi connectivity index (χ4n) is 3.91.